The number of likely N-dealkylation sites (tertiary alicyclic amines) is 1. The van der Waals surface area contributed by atoms with Crippen molar-refractivity contribution < 1.29 is 9.53 Å². The van der Waals surface area contributed by atoms with Gasteiger partial charge in [0.25, 0.3) is 5.91 Å². The molecule has 0 saturated carbocycles. The molecule has 6 nitrogen and oxygen atoms in total. The van der Waals surface area contributed by atoms with Crippen LogP contribution in [0.4, 0.5) is 0 Å². The van der Waals surface area contributed by atoms with E-state index < -0.39 is 0 Å². The molecular weight excluding hydrogens is 304 g/mol. The zero-order chi connectivity index (χ0) is 16.4. The topological polar surface area (TPSA) is 67.4 Å². The summed E-state index contributed by atoms with van der Waals surface area (Å²) in [6, 6.07) is 6.30. The zero-order valence-electron chi connectivity index (χ0n) is 13.6. The van der Waals surface area contributed by atoms with Gasteiger partial charge in [-0.3, -0.25) is 19.7 Å². The number of hydrogen-bond donors (Lipinski definition) is 1. The van der Waals surface area contributed by atoms with Crippen molar-refractivity contribution in [3.63, 3.8) is 0 Å². The van der Waals surface area contributed by atoms with Crippen molar-refractivity contribution in [3.8, 4) is 0 Å². The van der Waals surface area contributed by atoms with Crippen LogP contribution in [0.25, 0.3) is 11.0 Å². The molecule has 3 heterocycles. The smallest absolute Gasteiger partial charge is 0.251 e. The first-order valence-corrected chi connectivity index (χ1v) is 8.63. The van der Waals surface area contributed by atoms with Crippen molar-refractivity contribution in [3.05, 3.63) is 36.2 Å². The molecule has 1 N–H and O–H groups in total. The van der Waals surface area contributed by atoms with Crippen molar-refractivity contribution in [1.29, 1.82) is 0 Å². The second-order valence-corrected chi connectivity index (χ2v) is 6.56. The van der Waals surface area contributed by atoms with Crippen LogP contribution in [-0.2, 0) is 4.74 Å². The Hall–Kier alpha value is -2.05. The van der Waals surface area contributed by atoms with Gasteiger partial charge in [0.15, 0.2) is 0 Å². The maximum atomic E-state index is 12.5. The predicted octanol–water partition coefficient (Wildman–Crippen LogP) is 1.61. The van der Waals surface area contributed by atoms with Crippen LogP contribution in [0.5, 0.6) is 0 Å². The van der Waals surface area contributed by atoms with Gasteiger partial charge in [-0.2, -0.15) is 0 Å². The highest BCUT2D eigenvalue weighted by Crippen LogP contribution is 2.20. The maximum absolute atomic E-state index is 12.5. The quantitative estimate of drug-likeness (QED) is 0.928. The number of aromatic nitrogens is 2. The molecule has 1 atom stereocenters. The van der Waals surface area contributed by atoms with Gasteiger partial charge in [0.05, 0.1) is 11.0 Å². The number of carbonyl (C=O) groups excluding carboxylic acids is 1. The Kier molecular flexibility index (Phi) is 4.40. The molecule has 0 radical (unpaired) electrons. The lowest BCUT2D eigenvalue weighted by atomic mass is 10.1. The summed E-state index contributed by atoms with van der Waals surface area (Å²) in [6.07, 6.45) is 6.52. The molecular formula is C18H22N4O2. The molecule has 2 aromatic rings. The van der Waals surface area contributed by atoms with Gasteiger partial charge in [0.1, 0.15) is 0 Å². The van der Waals surface area contributed by atoms with Crippen LogP contribution in [0, 0.1) is 0 Å². The molecule has 2 aliphatic rings. The van der Waals surface area contributed by atoms with E-state index in [0.717, 1.165) is 56.6 Å². The van der Waals surface area contributed by atoms with E-state index in [4.69, 9.17) is 4.74 Å². The number of nitrogens with zero attached hydrogens (tertiary/aromatic N) is 3. The lowest BCUT2D eigenvalue weighted by molar-refractivity contribution is 0.0415. The van der Waals surface area contributed by atoms with Crippen LogP contribution in [0.15, 0.2) is 30.6 Å². The predicted molar refractivity (Wildman–Crippen MR) is 90.8 cm³/mol. The Morgan fingerprint density at radius 3 is 2.75 bits per heavy atom. The molecule has 4 rings (SSSR count). The minimum Gasteiger partial charge on any atom is -0.381 e. The molecule has 2 saturated heterocycles. The van der Waals surface area contributed by atoms with E-state index in [0.29, 0.717) is 11.6 Å². The zero-order valence-corrected chi connectivity index (χ0v) is 13.6. The molecule has 2 aliphatic heterocycles. The number of benzene rings is 1. The summed E-state index contributed by atoms with van der Waals surface area (Å²) in [6.45, 7) is 3.70. The first-order valence-electron chi connectivity index (χ1n) is 8.63. The van der Waals surface area contributed by atoms with Crippen molar-refractivity contribution in [2.45, 2.75) is 31.3 Å². The minimum absolute atomic E-state index is 0.0265. The third kappa shape index (κ3) is 3.25. The molecule has 1 unspecified atom stereocenters. The standard InChI is InChI=1S/C18H22N4O2/c23-18(13-1-2-16-17(11-13)20-7-6-19-16)21-14-3-8-22(12-14)15-4-9-24-10-5-15/h1-2,6-7,11,14-15H,3-5,8-10,12H2,(H,21,23). The van der Waals surface area contributed by atoms with E-state index in [-0.39, 0.29) is 11.9 Å². The lowest BCUT2D eigenvalue weighted by Crippen LogP contribution is -2.41. The number of amides is 1. The minimum atomic E-state index is -0.0265. The fraction of sp³-hybridized carbons (Fsp3) is 0.500. The lowest BCUT2D eigenvalue weighted by Gasteiger charge is -2.31. The first kappa shape index (κ1) is 15.5. The number of rotatable bonds is 3. The first-order chi connectivity index (χ1) is 11.8. The van der Waals surface area contributed by atoms with E-state index in [2.05, 4.69) is 20.2 Å². The average molecular weight is 326 g/mol. The van der Waals surface area contributed by atoms with Gasteiger partial charge in [-0.25, -0.2) is 0 Å². The number of carbonyl (C=O) groups is 1. The van der Waals surface area contributed by atoms with Crippen LogP contribution in [0.1, 0.15) is 29.6 Å². The number of nitrogens with one attached hydrogen (secondary N) is 1. The SMILES string of the molecule is O=C(NC1CCN(C2CCOCC2)C1)c1ccc2nccnc2c1. The second kappa shape index (κ2) is 6.83. The van der Waals surface area contributed by atoms with Gasteiger partial charge in [-0.15, -0.1) is 0 Å². The van der Waals surface area contributed by atoms with Gasteiger partial charge in [-0.1, -0.05) is 0 Å². The largest absolute Gasteiger partial charge is 0.381 e. The third-order valence-electron chi connectivity index (χ3n) is 4.99. The summed E-state index contributed by atoms with van der Waals surface area (Å²) in [4.78, 5) is 23.5. The van der Waals surface area contributed by atoms with E-state index >= 15 is 0 Å². The van der Waals surface area contributed by atoms with E-state index in [9.17, 15) is 4.79 Å². The summed E-state index contributed by atoms with van der Waals surface area (Å²) >= 11 is 0. The Balaban J connectivity index is 1.38. The molecule has 24 heavy (non-hydrogen) atoms. The van der Waals surface area contributed by atoms with Crippen LogP contribution in [-0.4, -0.2) is 59.2 Å². The Bertz CT molecular complexity index is 730. The van der Waals surface area contributed by atoms with Gasteiger partial charge < -0.3 is 10.1 Å². The number of hydrogen-bond acceptors (Lipinski definition) is 5. The van der Waals surface area contributed by atoms with Crippen molar-refractivity contribution in [1.82, 2.24) is 20.2 Å². The summed E-state index contributed by atoms with van der Waals surface area (Å²) in [5, 5.41) is 3.17. The normalized spacial score (nSPS) is 22.8. The Morgan fingerprint density at radius 1 is 1.12 bits per heavy atom. The fourth-order valence-electron chi connectivity index (χ4n) is 3.66. The highest BCUT2D eigenvalue weighted by molar-refractivity contribution is 5.97. The van der Waals surface area contributed by atoms with Crippen molar-refractivity contribution in [2.24, 2.45) is 0 Å². The van der Waals surface area contributed by atoms with Crippen molar-refractivity contribution >= 4 is 16.9 Å². The molecule has 1 amide bonds. The summed E-state index contributed by atoms with van der Waals surface area (Å²) < 4.78 is 5.44. The van der Waals surface area contributed by atoms with E-state index in [1.54, 1.807) is 12.4 Å². The second-order valence-electron chi connectivity index (χ2n) is 6.56. The summed E-state index contributed by atoms with van der Waals surface area (Å²) in [5.74, 6) is -0.0265. The molecule has 6 heteroatoms. The third-order valence-corrected chi connectivity index (χ3v) is 4.99. The van der Waals surface area contributed by atoms with Gasteiger partial charge in [-0.05, 0) is 37.5 Å². The summed E-state index contributed by atoms with van der Waals surface area (Å²) in [7, 11) is 0. The van der Waals surface area contributed by atoms with Gasteiger partial charge in [0.2, 0.25) is 0 Å². The van der Waals surface area contributed by atoms with Crippen LogP contribution in [0.3, 0.4) is 0 Å². The highest BCUT2D eigenvalue weighted by Gasteiger charge is 2.30. The maximum Gasteiger partial charge on any atom is 0.251 e. The molecule has 0 spiro atoms. The molecule has 1 aromatic heterocycles. The van der Waals surface area contributed by atoms with Crippen LogP contribution < -0.4 is 5.32 Å². The highest BCUT2D eigenvalue weighted by atomic mass is 16.5. The number of ether oxygens (including phenoxy) is 1. The fourth-order valence-corrected chi connectivity index (χ4v) is 3.66. The van der Waals surface area contributed by atoms with Crippen molar-refractivity contribution in [2.75, 3.05) is 26.3 Å². The molecule has 1 aromatic carbocycles. The van der Waals surface area contributed by atoms with Crippen LogP contribution in [0.2, 0.25) is 0 Å². The monoisotopic (exact) mass is 326 g/mol. The van der Waals surface area contributed by atoms with Gasteiger partial charge >= 0.3 is 0 Å². The Morgan fingerprint density at radius 2 is 1.92 bits per heavy atom. The molecule has 126 valence electrons. The van der Waals surface area contributed by atoms with E-state index in [1.165, 1.54) is 0 Å². The van der Waals surface area contributed by atoms with Crippen LogP contribution >= 0.6 is 0 Å². The number of fused-ring (bicyclic) bond motifs is 1. The molecule has 0 aliphatic carbocycles. The molecule has 2 fully saturated rings. The average Bonchev–Trinajstić information content (AvgIpc) is 3.10. The summed E-state index contributed by atoms with van der Waals surface area (Å²) in [5.41, 5.74) is 2.20. The van der Waals surface area contributed by atoms with E-state index in [1.807, 2.05) is 18.2 Å². The Labute approximate surface area is 141 Å². The molecule has 0 bridgehead atoms. The van der Waals surface area contributed by atoms with Gasteiger partial charge in [0, 0.05) is 56.3 Å².